The Kier molecular flexibility index (Phi) is 4.06. The lowest BCUT2D eigenvalue weighted by molar-refractivity contribution is 0.501. The molecular formula is C19H12F3N9. The Morgan fingerprint density at radius 3 is 2.65 bits per heavy atom. The van der Waals surface area contributed by atoms with E-state index in [4.69, 9.17) is 11.5 Å². The Morgan fingerprint density at radius 1 is 0.968 bits per heavy atom. The molecular weight excluding hydrogens is 411 g/mol. The SMILES string of the molecule is Nc1nc2cc(-c3cnc(N)c(-c4nnnn4-c4cccc(F)c4F)c3)c(F)cc2[nH]1. The summed E-state index contributed by atoms with van der Waals surface area (Å²) in [7, 11) is 0. The van der Waals surface area contributed by atoms with Gasteiger partial charge >= 0.3 is 0 Å². The molecule has 0 aliphatic heterocycles. The summed E-state index contributed by atoms with van der Waals surface area (Å²) in [5, 5.41) is 11.1. The summed E-state index contributed by atoms with van der Waals surface area (Å²) in [5.41, 5.74) is 13.0. The van der Waals surface area contributed by atoms with Crippen LogP contribution in [0.25, 0.3) is 39.2 Å². The molecule has 0 amide bonds. The number of nitrogens with one attached hydrogen (secondary N) is 1. The van der Waals surface area contributed by atoms with Crippen molar-refractivity contribution in [1.82, 2.24) is 35.2 Å². The van der Waals surface area contributed by atoms with Gasteiger partial charge in [-0.15, -0.1) is 5.10 Å². The minimum absolute atomic E-state index is 0.00171. The molecule has 12 heteroatoms. The maximum absolute atomic E-state index is 14.7. The molecule has 3 heterocycles. The first-order chi connectivity index (χ1) is 14.9. The van der Waals surface area contributed by atoms with Gasteiger partial charge < -0.3 is 16.5 Å². The van der Waals surface area contributed by atoms with Gasteiger partial charge in [-0.25, -0.2) is 23.1 Å². The number of hydrogen-bond donors (Lipinski definition) is 3. The van der Waals surface area contributed by atoms with Gasteiger partial charge in [0.2, 0.25) is 0 Å². The number of anilines is 2. The lowest BCUT2D eigenvalue weighted by atomic mass is 10.0. The molecule has 5 rings (SSSR count). The zero-order valence-corrected chi connectivity index (χ0v) is 15.5. The topological polar surface area (TPSA) is 137 Å². The summed E-state index contributed by atoms with van der Waals surface area (Å²) in [6, 6.07) is 7.86. The van der Waals surface area contributed by atoms with Crippen LogP contribution in [0.15, 0.2) is 42.6 Å². The third-order valence-electron chi connectivity index (χ3n) is 4.69. The highest BCUT2D eigenvalue weighted by Gasteiger charge is 2.20. The third kappa shape index (κ3) is 3.01. The molecule has 0 fully saturated rings. The maximum atomic E-state index is 14.7. The Balaban J connectivity index is 1.67. The Labute approximate surface area is 171 Å². The molecule has 0 aliphatic rings. The number of pyridine rings is 1. The summed E-state index contributed by atoms with van der Waals surface area (Å²) >= 11 is 0. The van der Waals surface area contributed by atoms with E-state index in [0.29, 0.717) is 16.6 Å². The molecule has 154 valence electrons. The van der Waals surface area contributed by atoms with Crippen LogP contribution in [0.4, 0.5) is 24.9 Å². The average molecular weight is 423 g/mol. The number of benzene rings is 2. The number of halogens is 3. The lowest BCUT2D eigenvalue weighted by Crippen LogP contribution is -2.06. The monoisotopic (exact) mass is 423 g/mol. The normalized spacial score (nSPS) is 11.3. The Hall–Kier alpha value is -4.48. The quantitative estimate of drug-likeness (QED) is 0.406. The molecule has 0 radical (unpaired) electrons. The molecule has 0 bridgehead atoms. The van der Waals surface area contributed by atoms with Gasteiger partial charge in [-0.3, -0.25) is 0 Å². The maximum Gasteiger partial charge on any atom is 0.198 e. The van der Waals surface area contributed by atoms with Gasteiger partial charge in [0.25, 0.3) is 0 Å². The molecule has 0 spiro atoms. The van der Waals surface area contributed by atoms with Crippen molar-refractivity contribution in [2.75, 3.05) is 11.5 Å². The number of nitrogens with two attached hydrogens (primary N) is 2. The largest absolute Gasteiger partial charge is 0.383 e. The standard InChI is InChI=1S/C19H12F3N9/c20-11-2-1-3-15(16(11)22)31-18(28-29-30-31)10-4-8(7-25-17(10)23)9-5-13-14(6-12(9)21)27-19(24)26-13/h1-7H,(H2,23,25)(H3,24,26,27). The summed E-state index contributed by atoms with van der Waals surface area (Å²) in [4.78, 5) is 10.9. The predicted octanol–water partition coefficient (Wildman–Crippen LogP) is 2.85. The van der Waals surface area contributed by atoms with Gasteiger partial charge in [0.05, 0.1) is 16.6 Å². The second kappa shape index (κ2) is 6.79. The van der Waals surface area contributed by atoms with Crippen LogP contribution in [0.3, 0.4) is 0 Å². The fraction of sp³-hybridized carbons (Fsp3) is 0. The zero-order chi connectivity index (χ0) is 21.7. The first kappa shape index (κ1) is 18.5. The van der Waals surface area contributed by atoms with Crippen molar-refractivity contribution in [2.45, 2.75) is 0 Å². The van der Waals surface area contributed by atoms with Gasteiger partial charge in [-0.05, 0) is 34.7 Å². The van der Waals surface area contributed by atoms with E-state index in [2.05, 4.69) is 30.5 Å². The number of imidazole rings is 1. The van der Waals surface area contributed by atoms with Crippen molar-refractivity contribution in [2.24, 2.45) is 0 Å². The number of fused-ring (bicyclic) bond motifs is 1. The molecule has 3 aromatic heterocycles. The highest BCUT2D eigenvalue weighted by molar-refractivity contribution is 5.85. The summed E-state index contributed by atoms with van der Waals surface area (Å²) < 4.78 is 43.7. The predicted molar refractivity (Wildman–Crippen MR) is 106 cm³/mol. The molecule has 5 aromatic rings. The highest BCUT2D eigenvalue weighted by atomic mass is 19.2. The van der Waals surface area contributed by atoms with Gasteiger partial charge in [-0.1, -0.05) is 6.07 Å². The second-order valence-electron chi connectivity index (χ2n) is 6.62. The van der Waals surface area contributed by atoms with Crippen LogP contribution in [0, 0.1) is 17.5 Å². The summed E-state index contributed by atoms with van der Waals surface area (Å²) in [6.07, 6.45) is 1.37. The Morgan fingerprint density at radius 2 is 1.81 bits per heavy atom. The molecule has 0 atom stereocenters. The molecule has 0 saturated heterocycles. The van der Waals surface area contributed by atoms with Crippen LogP contribution >= 0.6 is 0 Å². The van der Waals surface area contributed by atoms with Crippen molar-refractivity contribution in [1.29, 1.82) is 0 Å². The minimum Gasteiger partial charge on any atom is -0.383 e. The van der Waals surface area contributed by atoms with Crippen LogP contribution in [0.2, 0.25) is 0 Å². The molecule has 31 heavy (non-hydrogen) atoms. The average Bonchev–Trinajstić information content (AvgIpc) is 3.35. The van der Waals surface area contributed by atoms with Crippen LogP contribution in [0.1, 0.15) is 0 Å². The number of nitrogen functional groups attached to an aromatic ring is 2. The van der Waals surface area contributed by atoms with E-state index in [1.165, 1.54) is 36.5 Å². The Bertz CT molecular complexity index is 1460. The van der Waals surface area contributed by atoms with E-state index >= 15 is 0 Å². The molecule has 0 saturated carbocycles. The first-order valence-corrected chi connectivity index (χ1v) is 8.86. The van der Waals surface area contributed by atoms with Crippen LogP contribution in [-0.4, -0.2) is 35.2 Å². The molecule has 5 N–H and O–H groups in total. The lowest BCUT2D eigenvalue weighted by Gasteiger charge is -2.10. The number of hydrogen-bond acceptors (Lipinski definition) is 7. The van der Waals surface area contributed by atoms with E-state index in [-0.39, 0.29) is 34.4 Å². The smallest absolute Gasteiger partial charge is 0.198 e. The highest BCUT2D eigenvalue weighted by Crippen LogP contribution is 2.32. The third-order valence-corrected chi connectivity index (χ3v) is 4.69. The van der Waals surface area contributed by atoms with E-state index in [0.717, 1.165) is 10.7 Å². The van der Waals surface area contributed by atoms with Crippen molar-refractivity contribution in [3.05, 3.63) is 60.0 Å². The van der Waals surface area contributed by atoms with Crippen LogP contribution in [-0.2, 0) is 0 Å². The van der Waals surface area contributed by atoms with Crippen molar-refractivity contribution < 1.29 is 13.2 Å². The number of aromatic nitrogens is 7. The molecule has 9 nitrogen and oxygen atoms in total. The molecule has 0 unspecified atom stereocenters. The van der Waals surface area contributed by atoms with E-state index in [1.807, 2.05) is 0 Å². The van der Waals surface area contributed by atoms with Crippen molar-refractivity contribution in [3.63, 3.8) is 0 Å². The van der Waals surface area contributed by atoms with Crippen LogP contribution in [0.5, 0.6) is 0 Å². The number of rotatable bonds is 3. The molecule has 0 aliphatic carbocycles. The molecule has 2 aromatic carbocycles. The van der Waals surface area contributed by atoms with Crippen LogP contribution < -0.4 is 11.5 Å². The minimum atomic E-state index is -1.13. The van der Waals surface area contributed by atoms with E-state index < -0.39 is 17.5 Å². The number of aromatic amines is 1. The fourth-order valence-corrected chi connectivity index (χ4v) is 3.25. The number of tetrazole rings is 1. The number of H-pyrrole nitrogens is 1. The van der Waals surface area contributed by atoms with Gasteiger partial charge in [-0.2, -0.15) is 4.68 Å². The summed E-state index contributed by atoms with van der Waals surface area (Å²) in [5.74, 6) is -2.58. The second-order valence-corrected chi connectivity index (χ2v) is 6.62. The van der Waals surface area contributed by atoms with Crippen molar-refractivity contribution in [3.8, 4) is 28.2 Å². The van der Waals surface area contributed by atoms with Gasteiger partial charge in [0, 0.05) is 23.4 Å². The van der Waals surface area contributed by atoms with Gasteiger partial charge in [0.1, 0.15) is 17.3 Å². The number of nitrogens with zero attached hydrogens (tertiary/aromatic N) is 6. The first-order valence-electron chi connectivity index (χ1n) is 8.86. The van der Waals surface area contributed by atoms with E-state index in [1.54, 1.807) is 0 Å². The van der Waals surface area contributed by atoms with E-state index in [9.17, 15) is 13.2 Å². The zero-order valence-electron chi connectivity index (χ0n) is 15.5. The van der Waals surface area contributed by atoms with Crippen molar-refractivity contribution >= 4 is 22.8 Å². The fourth-order valence-electron chi connectivity index (χ4n) is 3.25. The summed E-state index contributed by atoms with van der Waals surface area (Å²) in [6.45, 7) is 0. The van der Waals surface area contributed by atoms with Gasteiger partial charge in [0.15, 0.2) is 23.4 Å².